The monoisotopic (exact) mass is 306 g/mol. The van der Waals surface area contributed by atoms with Crippen molar-refractivity contribution in [2.24, 2.45) is 0 Å². The van der Waals surface area contributed by atoms with E-state index in [1.54, 1.807) is 17.1 Å². The van der Waals surface area contributed by atoms with Crippen LogP contribution in [0.5, 0.6) is 0 Å². The zero-order valence-electron chi connectivity index (χ0n) is 12.4. The second kappa shape index (κ2) is 4.79. The van der Waals surface area contributed by atoms with E-state index in [1.807, 2.05) is 27.7 Å². The number of nitrogens with zero attached hydrogens (tertiary/aromatic N) is 4. The quantitative estimate of drug-likeness (QED) is 0.789. The molecule has 3 rings (SSSR count). The molecule has 0 radical (unpaired) electrons. The molecule has 110 valence electrons. The van der Waals surface area contributed by atoms with Crippen LogP contribution >= 0.6 is 11.6 Å². The lowest BCUT2D eigenvalue weighted by atomic mass is 9.82. The Bertz CT molecular complexity index is 640. The van der Waals surface area contributed by atoms with E-state index in [1.165, 1.54) is 12.4 Å². The number of hydrogen-bond donors (Lipinski definition) is 0. The van der Waals surface area contributed by atoms with E-state index in [2.05, 4.69) is 15.1 Å². The molecule has 0 spiro atoms. The third-order valence-electron chi connectivity index (χ3n) is 3.94. The van der Waals surface area contributed by atoms with Crippen molar-refractivity contribution in [2.75, 3.05) is 0 Å². The molecule has 0 aliphatic carbocycles. The topological polar surface area (TPSA) is 62.1 Å². The highest BCUT2D eigenvalue weighted by atomic mass is 35.5. The van der Waals surface area contributed by atoms with Gasteiger partial charge in [0.1, 0.15) is 0 Å². The molecule has 21 heavy (non-hydrogen) atoms. The van der Waals surface area contributed by atoms with E-state index in [4.69, 9.17) is 20.9 Å². The maximum absolute atomic E-state index is 5.98. The van der Waals surface area contributed by atoms with Gasteiger partial charge in [-0.25, -0.2) is 14.6 Å². The minimum atomic E-state index is -0.448. The molecule has 0 atom stereocenters. The number of rotatable bonds is 2. The van der Waals surface area contributed by atoms with Crippen LogP contribution < -0.4 is 5.46 Å². The highest BCUT2D eigenvalue weighted by Gasteiger charge is 2.52. The summed E-state index contributed by atoms with van der Waals surface area (Å²) < 4.78 is 13.5. The summed E-state index contributed by atoms with van der Waals surface area (Å²) in [6.07, 6.45) is 6.55. The fourth-order valence-corrected chi connectivity index (χ4v) is 2.07. The summed E-state index contributed by atoms with van der Waals surface area (Å²) in [4.78, 5) is 8.24. The van der Waals surface area contributed by atoms with Crippen LogP contribution in [0.2, 0.25) is 5.02 Å². The van der Waals surface area contributed by atoms with Gasteiger partial charge in [-0.2, -0.15) is 5.10 Å². The molecular formula is C13H16BClN4O2. The second-order valence-corrected chi connectivity index (χ2v) is 6.44. The van der Waals surface area contributed by atoms with Crippen LogP contribution in [0.1, 0.15) is 27.7 Å². The molecule has 1 aliphatic heterocycles. The standard InChI is InChI=1S/C13H16BClN4O2/c1-12(2)13(3,4)21-14(20-12)9-5-18-19(8-9)11-16-6-10(15)7-17-11/h5-8H,1-4H3. The van der Waals surface area contributed by atoms with E-state index in [0.29, 0.717) is 11.0 Å². The Hall–Kier alpha value is -1.44. The fourth-order valence-electron chi connectivity index (χ4n) is 1.97. The molecule has 1 fully saturated rings. The lowest BCUT2D eigenvalue weighted by molar-refractivity contribution is 0.00578. The first-order valence-corrected chi connectivity index (χ1v) is 7.04. The molecule has 6 nitrogen and oxygen atoms in total. The van der Waals surface area contributed by atoms with Crippen LogP contribution in [0.3, 0.4) is 0 Å². The van der Waals surface area contributed by atoms with E-state index < -0.39 is 7.12 Å². The smallest absolute Gasteiger partial charge is 0.399 e. The van der Waals surface area contributed by atoms with Gasteiger partial charge in [0, 0.05) is 17.9 Å². The maximum atomic E-state index is 5.98. The largest absolute Gasteiger partial charge is 0.498 e. The third-order valence-corrected chi connectivity index (χ3v) is 4.13. The van der Waals surface area contributed by atoms with Gasteiger partial charge >= 0.3 is 7.12 Å². The van der Waals surface area contributed by atoms with Crippen molar-refractivity contribution >= 4 is 24.2 Å². The Kier molecular flexibility index (Phi) is 3.31. The lowest BCUT2D eigenvalue weighted by Crippen LogP contribution is -2.41. The maximum Gasteiger partial charge on any atom is 0.498 e. The molecule has 1 saturated heterocycles. The van der Waals surface area contributed by atoms with Crippen LogP contribution in [-0.2, 0) is 9.31 Å². The van der Waals surface area contributed by atoms with Crippen molar-refractivity contribution in [1.82, 2.24) is 19.7 Å². The summed E-state index contributed by atoms with van der Waals surface area (Å²) in [7, 11) is -0.448. The summed E-state index contributed by atoms with van der Waals surface area (Å²) in [5.74, 6) is 0.446. The Labute approximate surface area is 128 Å². The SMILES string of the molecule is CC1(C)OB(c2cnn(-c3ncc(Cl)cn3)c2)OC1(C)C. The molecule has 0 saturated carbocycles. The Balaban J connectivity index is 1.85. The molecule has 0 unspecified atom stereocenters. The Morgan fingerprint density at radius 2 is 1.62 bits per heavy atom. The van der Waals surface area contributed by atoms with Crippen LogP contribution in [0.15, 0.2) is 24.8 Å². The zero-order valence-corrected chi connectivity index (χ0v) is 13.1. The van der Waals surface area contributed by atoms with Gasteiger partial charge in [0.05, 0.1) is 28.6 Å². The first kappa shape index (κ1) is 14.5. The highest BCUT2D eigenvalue weighted by Crippen LogP contribution is 2.36. The Morgan fingerprint density at radius 3 is 2.19 bits per heavy atom. The summed E-state index contributed by atoms with van der Waals surface area (Å²) in [5.41, 5.74) is 0.0692. The van der Waals surface area contributed by atoms with E-state index in [-0.39, 0.29) is 11.2 Å². The van der Waals surface area contributed by atoms with Gasteiger partial charge < -0.3 is 9.31 Å². The van der Waals surface area contributed by atoms with Gasteiger partial charge in [-0.1, -0.05) is 11.6 Å². The number of hydrogen-bond acceptors (Lipinski definition) is 5. The molecule has 2 aromatic rings. The average molecular weight is 307 g/mol. The predicted octanol–water partition coefficient (Wildman–Crippen LogP) is 1.61. The highest BCUT2D eigenvalue weighted by molar-refractivity contribution is 6.62. The van der Waals surface area contributed by atoms with Crippen LogP contribution in [-0.4, -0.2) is 38.1 Å². The molecular weight excluding hydrogens is 290 g/mol. The van der Waals surface area contributed by atoms with Crippen LogP contribution in [0, 0.1) is 0 Å². The van der Waals surface area contributed by atoms with Crippen molar-refractivity contribution in [3.63, 3.8) is 0 Å². The minimum absolute atomic E-state index is 0.378. The minimum Gasteiger partial charge on any atom is -0.399 e. The van der Waals surface area contributed by atoms with Gasteiger partial charge in [0.2, 0.25) is 0 Å². The molecule has 0 aromatic carbocycles. The summed E-state index contributed by atoms with van der Waals surface area (Å²) in [6, 6.07) is 0. The normalized spacial score (nSPS) is 20.0. The Morgan fingerprint density at radius 1 is 1.05 bits per heavy atom. The first-order chi connectivity index (χ1) is 9.78. The van der Waals surface area contributed by atoms with E-state index >= 15 is 0 Å². The molecule has 0 bridgehead atoms. The zero-order chi connectivity index (χ0) is 15.3. The van der Waals surface area contributed by atoms with Gasteiger partial charge in [0.25, 0.3) is 5.95 Å². The van der Waals surface area contributed by atoms with Crippen molar-refractivity contribution in [2.45, 2.75) is 38.9 Å². The van der Waals surface area contributed by atoms with E-state index in [0.717, 1.165) is 5.46 Å². The molecule has 2 aromatic heterocycles. The summed E-state index contributed by atoms with van der Waals surface area (Å²) >= 11 is 5.78. The lowest BCUT2D eigenvalue weighted by Gasteiger charge is -2.32. The molecule has 0 amide bonds. The number of halogens is 1. The van der Waals surface area contributed by atoms with Gasteiger partial charge in [-0.15, -0.1) is 0 Å². The van der Waals surface area contributed by atoms with Gasteiger partial charge in [-0.3, -0.25) is 0 Å². The number of aromatic nitrogens is 4. The summed E-state index contributed by atoms with van der Waals surface area (Å²) in [6.45, 7) is 8.05. The second-order valence-electron chi connectivity index (χ2n) is 6.01. The van der Waals surface area contributed by atoms with E-state index in [9.17, 15) is 0 Å². The van der Waals surface area contributed by atoms with Crippen molar-refractivity contribution in [3.8, 4) is 5.95 Å². The predicted molar refractivity (Wildman–Crippen MR) is 79.9 cm³/mol. The molecule has 0 N–H and O–H groups in total. The molecule has 3 heterocycles. The van der Waals surface area contributed by atoms with Crippen molar-refractivity contribution in [3.05, 3.63) is 29.8 Å². The molecule has 8 heteroatoms. The van der Waals surface area contributed by atoms with Gasteiger partial charge in [-0.05, 0) is 27.7 Å². The van der Waals surface area contributed by atoms with Crippen molar-refractivity contribution < 1.29 is 9.31 Å². The van der Waals surface area contributed by atoms with Crippen molar-refractivity contribution in [1.29, 1.82) is 0 Å². The first-order valence-electron chi connectivity index (χ1n) is 6.67. The van der Waals surface area contributed by atoms with Gasteiger partial charge in [0.15, 0.2) is 0 Å². The summed E-state index contributed by atoms with van der Waals surface area (Å²) in [5, 5.41) is 4.73. The molecule has 1 aliphatic rings. The average Bonchev–Trinajstić information content (AvgIpc) is 2.94. The van der Waals surface area contributed by atoms with Crippen LogP contribution in [0.25, 0.3) is 5.95 Å². The van der Waals surface area contributed by atoms with Crippen LogP contribution in [0.4, 0.5) is 0 Å². The fraction of sp³-hybridized carbons (Fsp3) is 0.462. The third kappa shape index (κ3) is 2.56.